The summed E-state index contributed by atoms with van der Waals surface area (Å²) in [6.07, 6.45) is 3.62. The number of nitrogens with zero attached hydrogens (tertiary/aromatic N) is 3. The molecule has 0 amide bonds. The maximum Gasteiger partial charge on any atom is 0.179 e. The number of imidazole rings is 1. The molecule has 0 spiro atoms. The Bertz CT molecular complexity index is 714. The van der Waals surface area contributed by atoms with Crippen molar-refractivity contribution in [2.24, 2.45) is 0 Å². The molecule has 4 nitrogen and oxygen atoms in total. The van der Waals surface area contributed by atoms with E-state index in [1.165, 1.54) is 0 Å². The number of hydrogen-bond acceptors (Lipinski definition) is 4. The molecule has 0 saturated carbocycles. The van der Waals surface area contributed by atoms with Gasteiger partial charge in [0.05, 0.1) is 17.6 Å². The van der Waals surface area contributed by atoms with Crippen LogP contribution in [0.1, 0.15) is 4.88 Å². The maximum atomic E-state index is 5.31. The average Bonchev–Trinajstić information content (AvgIpc) is 2.88. The minimum atomic E-state index is 0.680. The molecule has 0 aliphatic heterocycles. The predicted molar refractivity (Wildman–Crippen MR) is 73.8 cm³/mol. The van der Waals surface area contributed by atoms with Crippen LogP contribution >= 0.6 is 39.5 Å². The van der Waals surface area contributed by atoms with Gasteiger partial charge in [-0.15, -0.1) is 11.3 Å². The lowest BCUT2D eigenvalue weighted by atomic mass is 10.4. The number of thiazole rings is 1. The van der Waals surface area contributed by atoms with Gasteiger partial charge < -0.3 is 4.98 Å². The lowest BCUT2D eigenvalue weighted by molar-refractivity contribution is 0.811. The molecule has 17 heavy (non-hydrogen) atoms. The molecule has 7 heteroatoms. The number of aromatic amines is 1. The average molecular weight is 327 g/mol. The second-order valence-corrected chi connectivity index (χ2v) is 5.78. The van der Waals surface area contributed by atoms with E-state index in [2.05, 4.69) is 30.9 Å². The van der Waals surface area contributed by atoms with E-state index in [4.69, 9.17) is 12.2 Å². The normalized spacial score (nSPS) is 11.1. The van der Waals surface area contributed by atoms with Crippen LogP contribution in [0.25, 0.3) is 11.2 Å². The predicted octanol–water partition coefficient (Wildman–Crippen LogP) is 3.36. The van der Waals surface area contributed by atoms with Gasteiger partial charge in [-0.3, -0.25) is 9.55 Å². The van der Waals surface area contributed by atoms with Crippen molar-refractivity contribution in [3.05, 3.63) is 38.1 Å². The van der Waals surface area contributed by atoms with E-state index in [0.29, 0.717) is 11.3 Å². The van der Waals surface area contributed by atoms with Gasteiger partial charge in [-0.25, -0.2) is 4.98 Å². The molecule has 0 atom stereocenters. The quantitative estimate of drug-likeness (QED) is 0.734. The maximum absolute atomic E-state index is 5.31. The number of nitrogens with one attached hydrogen (secondary N) is 1. The molecular weight excluding hydrogens is 320 g/mol. The van der Waals surface area contributed by atoms with E-state index in [-0.39, 0.29) is 0 Å². The van der Waals surface area contributed by atoms with E-state index in [0.717, 1.165) is 20.5 Å². The minimum Gasteiger partial charge on any atom is -0.329 e. The zero-order valence-corrected chi connectivity index (χ0v) is 11.8. The Morgan fingerprint density at radius 3 is 3.12 bits per heavy atom. The van der Waals surface area contributed by atoms with E-state index < -0.39 is 0 Å². The van der Waals surface area contributed by atoms with Gasteiger partial charge >= 0.3 is 0 Å². The van der Waals surface area contributed by atoms with Gasteiger partial charge in [-0.2, -0.15) is 0 Å². The van der Waals surface area contributed by atoms with Crippen LogP contribution in [0, 0.1) is 4.77 Å². The van der Waals surface area contributed by atoms with Crippen LogP contribution in [-0.4, -0.2) is 19.5 Å². The fourth-order valence-corrected chi connectivity index (χ4v) is 2.82. The molecule has 0 aromatic carbocycles. The van der Waals surface area contributed by atoms with Crippen LogP contribution in [-0.2, 0) is 6.54 Å². The minimum absolute atomic E-state index is 0.680. The Morgan fingerprint density at radius 1 is 1.47 bits per heavy atom. The van der Waals surface area contributed by atoms with Gasteiger partial charge in [-0.05, 0) is 34.2 Å². The summed E-state index contributed by atoms with van der Waals surface area (Å²) in [7, 11) is 0. The smallest absolute Gasteiger partial charge is 0.179 e. The third kappa shape index (κ3) is 2.05. The highest BCUT2D eigenvalue weighted by molar-refractivity contribution is 9.10. The fourth-order valence-electron chi connectivity index (χ4n) is 1.64. The van der Waals surface area contributed by atoms with Gasteiger partial charge in [-0.1, -0.05) is 0 Å². The molecule has 3 heterocycles. The van der Waals surface area contributed by atoms with Crippen molar-refractivity contribution in [1.82, 2.24) is 19.5 Å². The van der Waals surface area contributed by atoms with Crippen LogP contribution < -0.4 is 0 Å². The van der Waals surface area contributed by atoms with Crippen molar-refractivity contribution in [3.8, 4) is 0 Å². The number of fused-ring (bicyclic) bond motifs is 1. The zero-order chi connectivity index (χ0) is 11.8. The summed E-state index contributed by atoms with van der Waals surface area (Å²) >= 11 is 10.3. The van der Waals surface area contributed by atoms with E-state index in [1.54, 1.807) is 17.5 Å². The second-order valence-electron chi connectivity index (χ2n) is 3.51. The molecule has 0 saturated heterocycles. The first-order chi connectivity index (χ1) is 8.24. The van der Waals surface area contributed by atoms with E-state index in [1.807, 2.05) is 22.3 Å². The molecule has 0 bridgehead atoms. The summed E-state index contributed by atoms with van der Waals surface area (Å²) in [5, 5.41) is 0. The molecule has 86 valence electrons. The summed E-state index contributed by atoms with van der Waals surface area (Å²) in [6.45, 7) is 0.706. The third-order valence-electron chi connectivity index (χ3n) is 2.37. The largest absolute Gasteiger partial charge is 0.329 e. The molecule has 3 aromatic rings. The molecule has 0 unspecified atom stereocenters. The number of hydrogen-bond donors (Lipinski definition) is 1. The SMILES string of the molecule is S=c1[nH]c2cc(Br)cnc2n1Cc1cncs1. The first-order valence-electron chi connectivity index (χ1n) is 4.85. The Morgan fingerprint density at radius 2 is 2.35 bits per heavy atom. The Hall–Kier alpha value is -1.05. The van der Waals surface area contributed by atoms with Gasteiger partial charge in [0.2, 0.25) is 0 Å². The highest BCUT2D eigenvalue weighted by Crippen LogP contribution is 2.18. The molecule has 0 fully saturated rings. The molecule has 3 rings (SSSR count). The fraction of sp³-hybridized carbons (Fsp3) is 0.100. The van der Waals surface area contributed by atoms with Crippen molar-refractivity contribution in [3.63, 3.8) is 0 Å². The van der Waals surface area contributed by atoms with Gasteiger partial charge in [0.25, 0.3) is 0 Å². The number of H-pyrrole nitrogens is 1. The van der Waals surface area contributed by atoms with Crippen molar-refractivity contribution < 1.29 is 0 Å². The zero-order valence-electron chi connectivity index (χ0n) is 8.55. The highest BCUT2D eigenvalue weighted by atomic mass is 79.9. The Kier molecular flexibility index (Phi) is 2.81. The number of aromatic nitrogens is 4. The first-order valence-corrected chi connectivity index (χ1v) is 6.93. The summed E-state index contributed by atoms with van der Waals surface area (Å²) in [6, 6.07) is 1.97. The monoisotopic (exact) mass is 326 g/mol. The van der Waals surface area contributed by atoms with Crippen molar-refractivity contribution in [2.75, 3.05) is 0 Å². The molecule has 0 aliphatic rings. The summed E-state index contributed by atoms with van der Waals surface area (Å²) in [5.41, 5.74) is 3.62. The van der Waals surface area contributed by atoms with Crippen molar-refractivity contribution in [2.45, 2.75) is 6.54 Å². The van der Waals surface area contributed by atoms with Crippen LogP contribution in [0.2, 0.25) is 0 Å². The summed E-state index contributed by atoms with van der Waals surface area (Å²) < 4.78 is 3.59. The summed E-state index contributed by atoms with van der Waals surface area (Å²) in [5.74, 6) is 0. The number of halogens is 1. The molecular formula is C10H7BrN4S2. The topological polar surface area (TPSA) is 46.5 Å². The van der Waals surface area contributed by atoms with Gasteiger partial charge in [0.15, 0.2) is 10.4 Å². The lowest BCUT2D eigenvalue weighted by Crippen LogP contribution is -1.98. The number of pyridine rings is 1. The van der Waals surface area contributed by atoms with Gasteiger partial charge in [0.1, 0.15) is 0 Å². The highest BCUT2D eigenvalue weighted by Gasteiger charge is 2.07. The lowest BCUT2D eigenvalue weighted by Gasteiger charge is -2.00. The van der Waals surface area contributed by atoms with Gasteiger partial charge in [0, 0.05) is 21.7 Å². The first kappa shape index (κ1) is 11.1. The van der Waals surface area contributed by atoms with Crippen LogP contribution in [0.5, 0.6) is 0 Å². The second kappa shape index (κ2) is 4.32. The molecule has 0 radical (unpaired) electrons. The molecule has 0 aliphatic carbocycles. The van der Waals surface area contributed by atoms with Crippen LogP contribution in [0.3, 0.4) is 0 Å². The van der Waals surface area contributed by atoms with Crippen LogP contribution in [0.4, 0.5) is 0 Å². The molecule has 1 N–H and O–H groups in total. The Balaban J connectivity index is 2.16. The van der Waals surface area contributed by atoms with Crippen molar-refractivity contribution >= 4 is 50.6 Å². The van der Waals surface area contributed by atoms with E-state index in [9.17, 15) is 0 Å². The Labute approximate surface area is 114 Å². The third-order valence-corrected chi connectivity index (χ3v) is 3.89. The van der Waals surface area contributed by atoms with E-state index >= 15 is 0 Å². The van der Waals surface area contributed by atoms with Crippen molar-refractivity contribution in [1.29, 1.82) is 0 Å². The summed E-state index contributed by atoms with van der Waals surface area (Å²) in [4.78, 5) is 12.8. The number of rotatable bonds is 2. The van der Waals surface area contributed by atoms with Crippen LogP contribution in [0.15, 0.2) is 28.4 Å². The standard InChI is InChI=1S/C10H7BrN4S2/c11-6-1-8-9(13-2-6)15(10(16)14-8)4-7-3-12-5-17-7/h1-3,5H,4H2,(H,14,16). The molecule has 3 aromatic heterocycles.